The number of hydrogen-bond donors (Lipinski definition) is 0. The Labute approximate surface area is 192 Å². The summed E-state index contributed by atoms with van der Waals surface area (Å²) in [5, 5.41) is 0.647. The number of fused-ring (bicyclic) bond motifs is 3. The van der Waals surface area contributed by atoms with Gasteiger partial charge in [0.1, 0.15) is 12.4 Å². The van der Waals surface area contributed by atoms with Crippen LogP contribution in [0, 0.1) is 5.92 Å². The number of rotatable bonds is 4. The highest BCUT2D eigenvalue weighted by Crippen LogP contribution is 2.41. The second-order valence-electron chi connectivity index (χ2n) is 8.03. The first-order valence-corrected chi connectivity index (χ1v) is 11.3. The molecule has 3 heterocycles. The van der Waals surface area contributed by atoms with Crippen LogP contribution in [0.15, 0.2) is 48.5 Å². The zero-order valence-corrected chi connectivity index (χ0v) is 18.6. The summed E-state index contributed by atoms with van der Waals surface area (Å²) >= 11 is 6.29. The third-order valence-electron chi connectivity index (χ3n) is 5.93. The van der Waals surface area contributed by atoms with E-state index in [1.807, 2.05) is 55.5 Å². The lowest BCUT2D eigenvalue weighted by Crippen LogP contribution is -2.40. The molecule has 5 rings (SSSR count). The Kier molecular flexibility index (Phi) is 5.70. The molecule has 7 heteroatoms. The minimum atomic E-state index is -0.173. The molecular formula is C25H24ClN3O3. The summed E-state index contributed by atoms with van der Waals surface area (Å²) < 4.78 is 11.3. The standard InChI is InChI=1S/C25H24ClN3O3/c1-2-31-24(30)17-8-6-12-29(14-17)25-27-22(16-7-5-9-18(26)13-16)20-15-32-21-11-4-3-10-19(21)23(20)28-25/h3-5,7,9-11,13,17H,2,6,8,12,14-15H2,1H3/t17-/m0/s1. The van der Waals surface area contributed by atoms with E-state index in [1.165, 1.54) is 0 Å². The Morgan fingerprint density at radius 3 is 2.88 bits per heavy atom. The number of carbonyl (C=O) groups is 1. The molecule has 0 bridgehead atoms. The van der Waals surface area contributed by atoms with Crippen molar-refractivity contribution in [1.82, 2.24) is 9.97 Å². The molecule has 0 amide bonds. The number of hydrogen-bond acceptors (Lipinski definition) is 6. The summed E-state index contributed by atoms with van der Waals surface area (Å²) in [4.78, 5) is 24.4. The molecule has 0 radical (unpaired) electrons. The van der Waals surface area contributed by atoms with Crippen LogP contribution in [0.4, 0.5) is 5.95 Å². The van der Waals surface area contributed by atoms with Gasteiger partial charge in [-0.05, 0) is 44.0 Å². The van der Waals surface area contributed by atoms with Gasteiger partial charge in [-0.1, -0.05) is 35.9 Å². The van der Waals surface area contributed by atoms with Gasteiger partial charge in [0.25, 0.3) is 0 Å². The number of nitrogens with zero attached hydrogens (tertiary/aromatic N) is 3. The zero-order chi connectivity index (χ0) is 22.1. The number of piperidine rings is 1. The van der Waals surface area contributed by atoms with E-state index < -0.39 is 0 Å². The Balaban J connectivity index is 1.61. The first-order valence-electron chi connectivity index (χ1n) is 10.9. The zero-order valence-electron chi connectivity index (χ0n) is 17.9. The van der Waals surface area contributed by atoms with Crippen molar-refractivity contribution in [1.29, 1.82) is 0 Å². The maximum atomic E-state index is 12.4. The predicted molar refractivity (Wildman–Crippen MR) is 124 cm³/mol. The lowest BCUT2D eigenvalue weighted by molar-refractivity contribution is -0.148. The SMILES string of the molecule is CCOC(=O)[C@H]1CCCN(c2nc(-c3cccc(Cl)c3)c3c(n2)-c2ccccc2OC3)C1. The van der Waals surface area contributed by atoms with Gasteiger partial charge in [-0.2, -0.15) is 0 Å². The summed E-state index contributed by atoms with van der Waals surface area (Å²) in [6.07, 6.45) is 1.70. The fraction of sp³-hybridized carbons (Fsp3) is 0.320. The van der Waals surface area contributed by atoms with Crippen LogP contribution >= 0.6 is 11.6 Å². The van der Waals surface area contributed by atoms with Crippen LogP contribution in [0.25, 0.3) is 22.5 Å². The molecule has 3 aromatic rings. The van der Waals surface area contributed by atoms with Crippen LogP contribution < -0.4 is 9.64 Å². The van der Waals surface area contributed by atoms with Crippen LogP contribution in [0.2, 0.25) is 5.02 Å². The van der Waals surface area contributed by atoms with Gasteiger partial charge < -0.3 is 14.4 Å². The maximum absolute atomic E-state index is 12.4. The summed E-state index contributed by atoms with van der Waals surface area (Å²) in [6, 6.07) is 15.6. The molecule has 0 aliphatic carbocycles. The van der Waals surface area contributed by atoms with Crippen molar-refractivity contribution >= 4 is 23.5 Å². The van der Waals surface area contributed by atoms with Crippen molar-refractivity contribution in [3.05, 3.63) is 59.1 Å². The highest BCUT2D eigenvalue weighted by Gasteiger charge is 2.31. The van der Waals surface area contributed by atoms with E-state index in [-0.39, 0.29) is 11.9 Å². The molecule has 164 valence electrons. The van der Waals surface area contributed by atoms with E-state index in [0.29, 0.717) is 30.7 Å². The quantitative estimate of drug-likeness (QED) is 0.514. The molecule has 0 N–H and O–H groups in total. The molecule has 2 aliphatic heterocycles. The van der Waals surface area contributed by atoms with E-state index in [2.05, 4.69) is 4.90 Å². The number of ether oxygens (including phenoxy) is 2. The lowest BCUT2D eigenvalue weighted by Gasteiger charge is -2.33. The van der Waals surface area contributed by atoms with Gasteiger partial charge in [0.15, 0.2) is 0 Å². The number of anilines is 1. The number of halogens is 1. The number of aromatic nitrogens is 2. The Bertz CT molecular complexity index is 1170. The van der Waals surface area contributed by atoms with E-state index in [4.69, 9.17) is 31.0 Å². The van der Waals surface area contributed by atoms with Gasteiger partial charge in [0, 0.05) is 34.8 Å². The molecule has 1 saturated heterocycles. The van der Waals surface area contributed by atoms with E-state index >= 15 is 0 Å². The average Bonchev–Trinajstić information content (AvgIpc) is 2.83. The molecule has 0 saturated carbocycles. The van der Waals surface area contributed by atoms with Crippen LogP contribution in [-0.2, 0) is 16.1 Å². The Morgan fingerprint density at radius 1 is 1.19 bits per heavy atom. The van der Waals surface area contributed by atoms with Crippen LogP contribution in [0.1, 0.15) is 25.3 Å². The summed E-state index contributed by atoms with van der Waals surface area (Å²) in [5.74, 6) is 1.10. The topological polar surface area (TPSA) is 64.5 Å². The van der Waals surface area contributed by atoms with Crippen LogP contribution in [0.3, 0.4) is 0 Å². The molecule has 1 aromatic heterocycles. The maximum Gasteiger partial charge on any atom is 0.310 e. The Hall–Kier alpha value is -3.12. The lowest BCUT2D eigenvalue weighted by atomic mass is 9.97. The van der Waals surface area contributed by atoms with Gasteiger partial charge in [-0.15, -0.1) is 0 Å². The second-order valence-corrected chi connectivity index (χ2v) is 8.47. The monoisotopic (exact) mass is 449 g/mol. The summed E-state index contributed by atoms with van der Waals surface area (Å²) in [6.45, 7) is 3.95. The molecule has 1 fully saturated rings. The molecule has 6 nitrogen and oxygen atoms in total. The van der Waals surface area contributed by atoms with Crippen molar-refractivity contribution in [3.63, 3.8) is 0 Å². The average molecular weight is 450 g/mol. The number of para-hydroxylation sites is 1. The fourth-order valence-electron chi connectivity index (χ4n) is 4.40. The molecule has 32 heavy (non-hydrogen) atoms. The number of esters is 1. The molecule has 0 spiro atoms. The highest BCUT2D eigenvalue weighted by molar-refractivity contribution is 6.30. The molecule has 2 aliphatic rings. The largest absolute Gasteiger partial charge is 0.488 e. The third kappa shape index (κ3) is 3.91. The van der Waals surface area contributed by atoms with E-state index in [1.54, 1.807) is 0 Å². The van der Waals surface area contributed by atoms with Crippen molar-refractivity contribution in [2.75, 3.05) is 24.6 Å². The number of benzene rings is 2. The van der Waals surface area contributed by atoms with Crippen LogP contribution in [-0.4, -0.2) is 35.6 Å². The smallest absolute Gasteiger partial charge is 0.310 e. The molecular weight excluding hydrogens is 426 g/mol. The third-order valence-corrected chi connectivity index (χ3v) is 6.17. The minimum absolute atomic E-state index is 0.149. The van der Waals surface area contributed by atoms with Crippen molar-refractivity contribution in [2.24, 2.45) is 5.92 Å². The molecule has 0 unspecified atom stereocenters. The normalized spacial score (nSPS) is 17.2. The Morgan fingerprint density at radius 2 is 2.03 bits per heavy atom. The summed E-state index contributed by atoms with van der Waals surface area (Å²) in [7, 11) is 0. The second kappa shape index (κ2) is 8.79. The molecule has 2 aromatic carbocycles. The predicted octanol–water partition coefficient (Wildman–Crippen LogP) is 5.14. The van der Waals surface area contributed by atoms with E-state index in [9.17, 15) is 4.79 Å². The van der Waals surface area contributed by atoms with Gasteiger partial charge in [0.2, 0.25) is 5.95 Å². The van der Waals surface area contributed by atoms with Crippen molar-refractivity contribution in [3.8, 4) is 28.3 Å². The van der Waals surface area contributed by atoms with Gasteiger partial charge in [-0.25, -0.2) is 9.97 Å². The van der Waals surface area contributed by atoms with E-state index in [0.717, 1.165) is 53.2 Å². The van der Waals surface area contributed by atoms with Crippen molar-refractivity contribution < 1.29 is 14.3 Å². The minimum Gasteiger partial charge on any atom is -0.488 e. The molecule has 1 atom stereocenters. The first kappa shape index (κ1) is 20.8. The fourth-order valence-corrected chi connectivity index (χ4v) is 4.59. The van der Waals surface area contributed by atoms with Gasteiger partial charge in [0.05, 0.1) is 23.9 Å². The van der Waals surface area contributed by atoms with Crippen LogP contribution in [0.5, 0.6) is 5.75 Å². The number of carbonyl (C=O) groups excluding carboxylic acids is 1. The summed E-state index contributed by atoms with van der Waals surface area (Å²) in [5.41, 5.74) is 4.47. The van der Waals surface area contributed by atoms with Gasteiger partial charge >= 0.3 is 5.97 Å². The van der Waals surface area contributed by atoms with Gasteiger partial charge in [-0.3, -0.25) is 4.79 Å². The first-order chi connectivity index (χ1) is 15.6. The highest BCUT2D eigenvalue weighted by atomic mass is 35.5. The van der Waals surface area contributed by atoms with Crippen molar-refractivity contribution in [2.45, 2.75) is 26.4 Å².